The lowest BCUT2D eigenvalue weighted by Crippen LogP contribution is -2.44. The Balaban J connectivity index is 2.82. The van der Waals surface area contributed by atoms with Crippen LogP contribution < -0.4 is 5.32 Å². The number of hydrogen-bond acceptors (Lipinski definition) is 2. The van der Waals surface area contributed by atoms with Crippen LogP contribution in [0.2, 0.25) is 0 Å². The number of rotatable bonds is 7. The molecule has 2 heteroatoms. The molecule has 2 atom stereocenters. The molecule has 0 aromatic heterocycles. The summed E-state index contributed by atoms with van der Waals surface area (Å²) in [5.41, 5.74) is 1.71. The molecule has 0 aliphatic rings. The van der Waals surface area contributed by atoms with Crippen molar-refractivity contribution in [3.63, 3.8) is 0 Å². The number of likely N-dealkylation sites (N-methyl/N-ethyl adjacent to an activating group) is 1. The average molecular weight is 276 g/mol. The molecule has 0 fully saturated rings. The van der Waals surface area contributed by atoms with Gasteiger partial charge in [-0.05, 0) is 37.9 Å². The topological polar surface area (TPSA) is 15.3 Å². The second-order valence-electron chi connectivity index (χ2n) is 7.06. The third kappa shape index (κ3) is 5.64. The monoisotopic (exact) mass is 276 g/mol. The highest BCUT2D eigenvalue weighted by atomic mass is 15.2. The molecule has 0 spiro atoms. The summed E-state index contributed by atoms with van der Waals surface area (Å²) in [4.78, 5) is 2.47. The smallest absolute Gasteiger partial charge is 0.0475 e. The van der Waals surface area contributed by atoms with Gasteiger partial charge in [0.15, 0.2) is 0 Å². The fraction of sp³-hybridized carbons (Fsp3) is 0.667. The van der Waals surface area contributed by atoms with Gasteiger partial charge < -0.3 is 10.2 Å². The Morgan fingerprint density at radius 1 is 1.15 bits per heavy atom. The fourth-order valence-corrected chi connectivity index (χ4v) is 2.67. The van der Waals surface area contributed by atoms with E-state index in [1.54, 1.807) is 0 Å². The van der Waals surface area contributed by atoms with Gasteiger partial charge in [-0.3, -0.25) is 0 Å². The molecule has 0 aliphatic heterocycles. The highest BCUT2D eigenvalue weighted by molar-refractivity contribution is 5.20. The summed E-state index contributed by atoms with van der Waals surface area (Å²) in [5, 5.41) is 3.71. The zero-order valence-corrected chi connectivity index (χ0v) is 14.1. The zero-order valence-electron chi connectivity index (χ0n) is 14.1. The fourth-order valence-electron chi connectivity index (χ4n) is 2.67. The van der Waals surface area contributed by atoms with Crippen LogP contribution in [0.1, 0.15) is 52.6 Å². The summed E-state index contributed by atoms with van der Waals surface area (Å²) in [6.45, 7) is 13.6. The number of benzene rings is 1. The molecule has 2 unspecified atom stereocenters. The van der Waals surface area contributed by atoms with E-state index >= 15 is 0 Å². The Labute approximate surface area is 125 Å². The van der Waals surface area contributed by atoms with Crippen molar-refractivity contribution in [1.29, 1.82) is 0 Å². The summed E-state index contributed by atoms with van der Waals surface area (Å²) in [6.07, 6.45) is 1.17. The van der Waals surface area contributed by atoms with Crippen LogP contribution in [0.3, 0.4) is 0 Å². The molecule has 1 aromatic carbocycles. The van der Waals surface area contributed by atoms with Gasteiger partial charge in [-0.25, -0.2) is 0 Å². The predicted molar refractivity (Wildman–Crippen MR) is 89.0 cm³/mol. The van der Waals surface area contributed by atoms with Crippen molar-refractivity contribution in [1.82, 2.24) is 10.2 Å². The first-order chi connectivity index (χ1) is 9.35. The van der Waals surface area contributed by atoms with E-state index in [2.05, 4.69) is 82.2 Å². The second kappa shape index (κ2) is 7.80. The molecule has 0 bridgehead atoms. The maximum absolute atomic E-state index is 3.71. The maximum atomic E-state index is 3.71. The van der Waals surface area contributed by atoms with Crippen LogP contribution >= 0.6 is 0 Å². The van der Waals surface area contributed by atoms with E-state index < -0.39 is 0 Å². The Morgan fingerprint density at radius 2 is 1.75 bits per heavy atom. The van der Waals surface area contributed by atoms with Crippen molar-refractivity contribution in [2.75, 3.05) is 20.1 Å². The minimum Gasteiger partial charge on any atom is -0.309 e. The lowest BCUT2D eigenvalue weighted by molar-refractivity contribution is 0.151. The molecule has 114 valence electrons. The Bertz CT molecular complexity index is 367. The van der Waals surface area contributed by atoms with Crippen molar-refractivity contribution in [3.05, 3.63) is 35.9 Å². The molecule has 2 nitrogen and oxygen atoms in total. The first-order valence-electron chi connectivity index (χ1n) is 7.83. The molecule has 0 heterocycles. The molecule has 1 aromatic rings. The molecule has 0 amide bonds. The zero-order chi connectivity index (χ0) is 15.2. The van der Waals surface area contributed by atoms with Gasteiger partial charge in [0, 0.05) is 18.6 Å². The normalized spacial score (nSPS) is 15.3. The van der Waals surface area contributed by atoms with Crippen LogP contribution in [-0.4, -0.2) is 31.1 Å². The average Bonchev–Trinajstić information content (AvgIpc) is 2.38. The van der Waals surface area contributed by atoms with Gasteiger partial charge in [0.1, 0.15) is 0 Å². The molecule has 0 saturated carbocycles. The van der Waals surface area contributed by atoms with Crippen molar-refractivity contribution in [2.24, 2.45) is 5.41 Å². The highest BCUT2D eigenvalue weighted by Gasteiger charge is 2.24. The Kier molecular flexibility index (Phi) is 6.70. The predicted octanol–water partition coefficient (Wildman–Crippen LogP) is 4.09. The van der Waals surface area contributed by atoms with Gasteiger partial charge in [-0.2, -0.15) is 0 Å². The maximum Gasteiger partial charge on any atom is 0.0475 e. The minimum absolute atomic E-state index is 0.328. The third-order valence-corrected chi connectivity index (χ3v) is 3.67. The third-order valence-electron chi connectivity index (χ3n) is 3.67. The molecule has 20 heavy (non-hydrogen) atoms. The van der Waals surface area contributed by atoms with Crippen molar-refractivity contribution < 1.29 is 0 Å². The summed E-state index contributed by atoms with van der Waals surface area (Å²) >= 11 is 0. The highest BCUT2D eigenvalue weighted by Crippen LogP contribution is 2.23. The van der Waals surface area contributed by atoms with Crippen LogP contribution in [0, 0.1) is 5.41 Å². The summed E-state index contributed by atoms with van der Waals surface area (Å²) in [7, 11) is 2.24. The molecule has 1 rings (SSSR count). The summed E-state index contributed by atoms with van der Waals surface area (Å²) in [5.74, 6) is 0. The number of nitrogens with one attached hydrogen (secondary N) is 1. The van der Waals surface area contributed by atoms with Gasteiger partial charge in [0.25, 0.3) is 0 Å². The van der Waals surface area contributed by atoms with Crippen molar-refractivity contribution >= 4 is 0 Å². The van der Waals surface area contributed by atoms with E-state index in [4.69, 9.17) is 0 Å². The van der Waals surface area contributed by atoms with E-state index in [0.29, 0.717) is 17.5 Å². The largest absolute Gasteiger partial charge is 0.309 e. The van der Waals surface area contributed by atoms with Crippen LogP contribution in [0.15, 0.2) is 30.3 Å². The van der Waals surface area contributed by atoms with E-state index in [0.717, 1.165) is 13.1 Å². The van der Waals surface area contributed by atoms with Gasteiger partial charge in [0.05, 0.1) is 0 Å². The molecule has 0 saturated heterocycles. The van der Waals surface area contributed by atoms with Crippen LogP contribution in [-0.2, 0) is 0 Å². The first kappa shape index (κ1) is 17.2. The van der Waals surface area contributed by atoms with Gasteiger partial charge in [-0.15, -0.1) is 0 Å². The molecular formula is C18H32N2. The van der Waals surface area contributed by atoms with E-state index in [9.17, 15) is 0 Å². The first-order valence-corrected chi connectivity index (χ1v) is 7.83. The number of nitrogens with zero attached hydrogens (tertiary/aromatic N) is 1. The second-order valence-corrected chi connectivity index (χ2v) is 7.06. The molecular weight excluding hydrogens is 244 g/mol. The van der Waals surface area contributed by atoms with Crippen LogP contribution in [0.25, 0.3) is 0 Å². The van der Waals surface area contributed by atoms with Crippen molar-refractivity contribution in [2.45, 2.75) is 53.1 Å². The standard InChI is InChI=1S/C18H32N2/c1-7-13-19-17(16-11-9-8-10-12-16)15(2)20(6)14-18(3,4)5/h8-12,15,17,19H,7,13-14H2,1-6H3. The Morgan fingerprint density at radius 3 is 2.25 bits per heavy atom. The molecule has 0 aliphatic carbocycles. The van der Waals surface area contributed by atoms with Crippen LogP contribution in [0.4, 0.5) is 0 Å². The molecule has 0 radical (unpaired) electrons. The van der Waals surface area contributed by atoms with Gasteiger partial charge in [0.2, 0.25) is 0 Å². The van der Waals surface area contributed by atoms with E-state index in [1.165, 1.54) is 12.0 Å². The molecule has 1 N–H and O–H groups in total. The minimum atomic E-state index is 0.328. The quantitative estimate of drug-likeness (QED) is 0.807. The van der Waals surface area contributed by atoms with Crippen LogP contribution in [0.5, 0.6) is 0 Å². The summed E-state index contributed by atoms with van der Waals surface area (Å²) in [6, 6.07) is 11.7. The summed E-state index contributed by atoms with van der Waals surface area (Å²) < 4.78 is 0. The number of hydrogen-bond donors (Lipinski definition) is 1. The lowest BCUT2D eigenvalue weighted by atomic mass is 9.93. The van der Waals surface area contributed by atoms with Gasteiger partial charge in [-0.1, -0.05) is 58.0 Å². The van der Waals surface area contributed by atoms with E-state index in [-0.39, 0.29) is 0 Å². The van der Waals surface area contributed by atoms with Gasteiger partial charge >= 0.3 is 0 Å². The SMILES string of the molecule is CCCNC(c1ccccc1)C(C)N(C)CC(C)(C)C. The van der Waals surface area contributed by atoms with E-state index in [1.807, 2.05) is 0 Å². The van der Waals surface area contributed by atoms with Crippen molar-refractivity contribution in [3.8, 4) is 0 Å². The Hall–Kier alpha value is -0.860. The lowest BCUT2D eigenvalue weighted by Gasteiger charge is -2.36.